The number of hydrogen-bond donors (Lipinski definition) is 4. The molecular formula is C13H26N2O4. The third kappa shape index (κ3) is 11.7. The van der Waals surface area contributed by atoms with Crippen molar-refractivity contribution in [1.29, 1.82) is 0 Å². The second kappa shape index (κ2) is 8.87. The van der Waals surface area contributed by atoms with E-state index in [1.54, 1.807) is 0 Å². The Labute approximate surface area is 114 Å². The first-order valence-corrected chi connectivity index (χ1v) is 6.74. The van der Waals surface area contributed by atoms with E-state index in [1.807, 2.05) is 0 Å². The van der Waals surface area contributed by atoms with Gasteiger partial charge in [0.05, 0.1) is 5.66 Å². The summed E-state index contributed by atoms with van der Waals surface area (Å²) in [5.74, 6) is -1.01. The van der Waals surface area contributed by atoms with Gasteiger partial charge in [0.15, 0.2) is 0 Å². The number of carbonyl (C=O) groups is 2. The van der Waals surface area contributed by atoms with Gasteiger partial charge in [-0.1, -0.05) is 19.8 Å². The van der Waals surface area contributed by atoms with E-state index >= 15 is 0 Å². The van der Waals surface area contributed by atoms with Crippen molar-refractivity contribution in [2.45, 2.75) is 64.0 Å². The molecule has 6 heteroatoms. The SMILES string of the molecule is CC1CCCC(N)(N)C1.O=C(O)CCCCC(=O)O. The van der Waals surface area contributed by atoms with Crippen LogP contribution in [-0.2, 0) is 9.59 Å². The smallest absolute Gasteiger partial charge is 0.303 e. The fraction of sp³-hybridized carbons (Fsp3) is 0.846. The van der Waals surface area contributed by atoms with Crippen molar-refractivity contribution in [3.05, 3.63) is 0 Å². The van der Waals surface area contributed by atoms with E-state index in [0.717, 1.165) is 18.8 Å². The first-order valence-electron chi connectivity index (χ1n) is 6.74. The maximum Gasteiger partial charge on any atom is 0.303 e. The molecule has 0 bridgehead atoms. The molecule has 0 spiro atoms. The maximum absolute atomic E-state index is 9.90. The molecule has 1 atom stereocenters. The van der Waals surface area contributed by atoms with Crippen LogP contribution < -0.4 is 11.5 Å². The zero-order valence-electron chi connectivity index (χ0n) is 11.6. The zero-order chi connectivity index (χ0) is 14.9. The fourth-order valence-electron chi connectivity index (χ4n) is 2.18. The molecule has 19 heavy (non-hydrogen) atoms. The topological polar surface area (TPSA) is 127 Å². The molecule has 1 fully saturated rings. The van der Waals surface area contributed by atoms with Crippen LogP contribution in [0.25, 0.3) is 0 Å². The molecular weight excluding hydrogens is 248 g/mol. The summed E-state index contributed by atoms with van der Waals surface area (Å²) < 4.78 is 0. The highest BCUT2D eigenvalue weighted by molar-refractivity contribution is 5.67. The molecule has 0 aliphatic heterocycles. The Hall–Kier alpha value is -1.14. The average Bonchev–Trinajstić information content (AvgIpc) is 2.23. The highest BCUT2D eigenvalue weighted by Gasteiger charge is 2.25. The van der Waals surface area contributed by atoms with E-state index < -0.39 is 11.9 Å². The van der Waals surface area contributed by atoms with Crippen LogP contribution in [0.2, 0.25) is 0 Å². The van der Waals surface area contributed by atoms with Gasteiger partial charge in [0.25, 0.3) is 0 Å². The van der Waals surface area contributed by atoms with Crippen molar-refractivity contribution in [1.82, 2.24) is 0 Å². The lowest BCUT2D eigenvalue weighted by Crippen LogP contribution is -2.52. The van der Waals surface area contributed by atoms with E-state index in [0.29, 0.717) is 12.8 Å². The monoisotopic (exact) mass is 274 g/mol. The van der Waals surface area contributed by atoms with Crippen molar-refractivity contribution < 1.29 is 19.8 Å². The molecule has 0 amide bonds. The van der Waals surface area contributed by atoms with Gasteiger partial charge in [-0.25, -0.2) is 0 Å². The number of nitrogens with two attached hydrogens (primary N) is 2. The summed E-state index contributed by atoms with van der Waals surface area (Å²) in [4.78, 5) is 19.8. The van der Waals surface area contributed by atoms with Crippen molar-refractivity contribution in [3.63, 3.8) is 0 Å². The minimum Gasteiger partial charge on any atom is -0.481 e. The van der Waals surface area contributed by atoms with Gasteiger partial charge in [0.2, 0.25) is 0 Å². The van der Waals surface area contributed by atoms with Crippen LogP contribution in [0.5, 0.6) is 0 Å². The lowest BCUT2D eigenvalue weighted by atomic mass is 9.83. The molecule has 0 saturated heterocycles. The normalized spacial score (nSPS) is 21.1. The van der Waals surface area contributed by atoms with Crippen LogP contribution in [0.1, 0.15) is 58.3 Å². The number of hydrogen-bond acceptors (Lipinski definition) is 4. The lowest BCUT2D eigenvalue weighted by Gasteiger charge is -2.32. The van der Waals surface area contributed by atoms with Gasteiger partial charge in [-0.2, -0.15) is 0 Å². The third-order valence-electron chi connectivity index (χ3n) is 3.10. The molecule has 1 aliphatic rings. The molecule has 0 aromatic rings. The van der Waals surface area contributed by atoms with Gasteiger partial charge in [-0.15, -0.1) is 0 Å². The molecule has 0 aromatic heterocycles. The Morgan fingerprint density at radius 2 is 1.63 bits per heavy atom. The van der Waals surface area contributed by atoms with Crippen molar-refractivity contribution in [3.8, 4) is 0 Å². The van der Waals surface area contributed by atoms with E-state index in [-0.39, 0.29) is 18.5 Å². The Morgan fingerprint density at radius 1 is 1.16 bits per heavy atom. The van der Waals surface area contributed by atoms with Gasteiger partial charge in [0, 0.05) is 12.8 Å². The Kier molecular flexibility index (Phi) is 8.34. The zero-order valence-corrected chi connectivity index (χ0v) is 11.6. The lowest BCUT2D eigenvalue weighted by molar-refractivity contribution is -0.139. The largest absolute Gasteiger partial charge is 0.481 e. The number of carboxylic acid groups (broad SMARTS) is 2. The third-order valence-corrected chi connectivity index (χ3v) is 3.10. The van der Waals surface area contributed by atoms with E-state index in [2.05, 4.69) is 6.92 Å². The first-order chi connectivity index (χ1) is 8.73. The van der Waals surface area contributed by atoms with Gasteiger partial charge < -0.3 is 21.7 Å². The Morgan fingerprint density at radius 3 is 1.89 bits per heavy atom. The molecule has 1 aliphatic carbocycles. The predicted octanol–water partition coefficient (Wildman–Crippen LogP) is 1.53. The summed E-state index contributed by atoms with van der Waals surface area (Å²) in [6.45, 7) is 2.22. The molecule has 1 saturated carbocycles. The first kappa shape index (κ1) is 17.9. The van der Waals surface area contributed by atoms with Crippen molar-refractivity contribution in [2.75, 3.05) is 0 Å². The predicted molar refractivity (Wildman–Crippen MR) is 72.5 cm³/mol. The fourth-order valence-corrected chi connectivity index (χ4v) is 2.18. The molecule has 1 unspecified atom stereocenters. The quantitative estimate of drug-likeness (QED) is 0.445. The Bertz CT molecular complexity index is 276. The van der Waals surface area contributed by atoms with E-state index in [4.69, 9.17) is 21.7 Å². The molecule has 0 aromatic carbocycles. The standard InChI is InChI=1S/C7H16N2.C6H10O4/c1-6-3-2-4-7(8,9)5-6;7-5(8)3-1-2-4-6(9)10/h6H,2-5,8-9H2,1H3;1-4H2,(H,7,8)(H,9,10). The summed E-state index contributed by atoms with van der Waals surface area (Å²) in [7, 11) is 0. The van der Waals surface area contributed by atoms with Crippen molar-refractivity contribution in [2.24, 2.45) is 17.4 Å². The minimum atomic E-state index is -0.870. The van der Waals surface area contributed by atoms with E-state index in [1.165, 1.54) is 12.8 Å². The summed E-state index contributed by atoms with van der Waals surface area (Å²) in [6, 6.07) is 0. The second-order valence-electron chi connectivity index (χ2n) is 5.43. The minimum absolute atomic E-state index is 0.0628. The van der Waals surface area contributed by atoms with Crippen molar-refractivity contribution >= 4 is 11.9 Å². The summed E-state index contributed by atoms with van der Waals surface area (Å²) in [5.41, 5.74) is 11.1. The van der Waals surface area contributed by atoms with Crippen LogP contribution in [0, 0.1) is 5.92 Å². The van der Waals surface area contributed by atoms with Gasteiger partial charge in [-0.3, -0.25) is 9.59 Å². The average molecular weight is 274 g/mol. The Balaban J connectivity index is 0.000000342. The molecule has 6 N–H and O–H groups in total. The molecule has 6 nitrogen and oxygen atoms in total. The molecule has 0 heterocycles. The van der Waals surface area contributed by atoms with Crippen LogP contribution >= 0.6 is 0 Å². The summed E-state index contributed by atoms with van der Waals surface area (Å²) >= 11 is 0. The number of aliphatic carboxylic acids is 2. The van der Waals surface area contributed by atoms with E-state index in [9.17, 15) is 9.59 Å². The van der Waals surface area contributed by atoms with Crippen LogP contribution in [-0.4, -0.2) is 27.8 Å². The number of unbranched alkanes of at least 4 members (excludes halogenated alkanes) is 1. The number of carboxylic acids is 2. The summed E-state index contributed by atoms with van der Waals surface area (Å²) in [5, 5.41) is 16.3. The molecule has 112 valence electrons. The summed E-state index contributed by atoms with van der Waals surface area (Å²) in [6.07, 6.45) is 5.51. The highest BCUT2D eigenvalue weighted by Crippen LogP contribution is 2.26. The van der Waals surface area contributed by atoms with Gasteiger partial charge >= 0.3 is 11.9 Å². The van der Waals surface area contributed by atoms with Gasteiger partial charge in [0.1, 0.15) is 0 Å². The molecule has 0 radical (unpaired) electrons. The highest BCUT2D eigenvalue weighted by atomic mass is 16.4. The van der Waals surface area contributed by atoms with Crippen LogP contribution in [0.15, 0.2) is 0 Å². The maximum atomic E-state index is 9.90. The van der Waals surface area contributed by atoms with Gasteiger partial charge in [-0.05, 0) is 31.6 Å². The second-order valence-corrected chi connectivity index (χ2v) is 5.43. The van der Waals surface area contributed by atoms with Crippen LogP contribution in [0.4, 0.5) is 0 Å². The molecule has 1 rings (SSSR count). The number of rotatable bonds is 5. The van der Waals surface area contributed by atoms with Crippen LogP contribution in [0.3, 0.4) is 0 Å².